The molecule has 0 saturated heterocycles. The van der Waals surface area contributed by atoms with E-state index in [0.717, 1.165) is 11.8 Å². The lowest BCUT2D eigenvalue weighted by Crippen LogP contribution is -2.08. The standard InChI is InChI=1S/C14H14FN3O2/c15-14-6-12(20-2-1-18-9-16-8-17-18)5-11-3-10(7-19)4-13(11)14/h5-10H,1-4H2. The fraction of sp³-hybridized carbons (Fsp3) is 0.357. The van der Waals surface area contributed by atoms with Crippen molar-refractivity contribution in [2.45, 2.75) is 19.4 Å². The highest BCUT2D eigenvalue weighted by Gasteiger charge is 2.24. The number of fused-ring (bicyclic) bond motifs is 1. The van der Waals surface area contributed by atoms with Crippen LogP contribution in [0.2, 0.25) is 0 Å². The molecule has 5 nitrogen and oxygen atoms in total. The van der Waals surface area contributed by atoms with Crippen LogP contribution >= 0.6 is 0 Å². The van der Waals surface area contributed by atoms with Crippen molar-refractivity contribution in [3.8, 4) is 5.75 Å². The number of hydrogen-bond acceptors (Lipinski definition) is 4. The monoisotopic (exact) mass is 275 g/mol. The van der Waals surface area contributed by atoms with Crippen molar-refractivity contribution < 1.29 is 13.9 Å². The van der Waals surface area contributed by atoms with Crippen LogP contribution in [0.1, 0.15) is 11.1 Å². The average Bonchev–Trinajstić information content (AvgIpc) is 3.07. The highest BCUT2D eigenvalue weighted by atomic mass is 19.1. The van der Waals surface area contributed by atoms with Crippen molar-refractivity contribution in [1.29, 1.82) is 0 Å². The molecule has 1 unspecified atom stereocenters. The molecule has 1 atom stereocenters. The molecule has 0 spiro atoms. The van der Waals surface area contributed by atoms with E-state index in [2.05, 4.69) is 10.1 Å². The maximum atomic E-state index is 13.9. The summed E-state index contributed by atoms with van der Waals surface area (Å²) in [7, 11) is 0. The van der Waals surface area contributed by atoms with Gasteiger partial charge in [0.1, 0.15) is 37.1 Å². The Labute approximate surface area is 115 Å². The van der Waals surface area contributed by atoms with Gasteiger partial charge in [0, 0.05) is 12.0 Å². The summed E-state index contributed by atoms with van der Waals surface area (Å²) in [6.45, 7) is 0.939. The minimum atomic E-state index is -0.289. The van der Waals surface area contributed by atoms with E-state index in [4.69, 9.17) is 4.74 Å². The Hall–Kier alpha value is -2.24. The van der Waals surface area contributed by atoms with Gasteiger partial charge in [-0.25, -0.2) is 14.1 Å². The molecule has 0 aliphatic heterocycles. The molecule has 3 rings (SSSR count). The largest absolute Gasteiger partial charge is 0.492 e. The lowest BCUT2D eigenvalue weighted by molar-refractivity contribution is -0.110. The third-order valence-corrected chi connectivity index (χ3v) is 3.46. The van der Waals surface area contributed by atoms with Crippen LogP contribution in [0.25, 0.3) is 0 Å². The van der Waals surface area contributed by atoms with Crippen LogP contribution in [0.4, 0.5) is 4.39 Å². The van der Waals surface area contributed by atoms with Crippen LogP contribution in [0.15, 0.2) is 24.8 Å². The second kappa shape index (κ2) is 5.40. The topological polar surface area (TPSA) is 57.0 Å². The maximum absolute atomic E-state index is 13.9. The number of nitrogens with zero attached hydrogens (tertiary/aromatic N) is 3. The van der Waals surface area contributed by atoms with Gasteiger partial charge in [-0.1, -0.05) is 0 Å². The summed E-state index contributed by atoms with van der Waals surface area (Å²) < 4.78 is 21.1. The van der Waals surface area contributed by atoms with E-state index in [1.54, 1.807) is 11.0 Å². The summed E-state index contributed by atoms with van der Waals surface area (Å²) in [5, 5.41) is 3.96. The predicted molar refractivity (Wildman–Crippen MR) is 68.9 cm³/mol. The molecule has 0 bridgehead atoms. The molecule has 0 saturated carbocycles. The molecule has 0 fully saturated rings. The SMILES string of the molecule is O=CC1Cc2cc(OCCn3cncn3)cc(F)c2C1. The van der Waals surface area contributed by atoms with Crippen LogP contribution in [0, 0.1) is 11.7 Å². The number of rotatable bonds is 5. The molecule has 1 heterocycles. The van der Waals surface area contributed by atoms with Gasteiger partial charge in [0.2, 0.25) is 0 Å². The zero-order valence-electron chi connectivity index (χ0n) is 10.8. The summed E-state index contributed by atoms with van der Waals surface area (Å²) in [5.41, 5.74) is 1.52. The van der Waals surface area contributed by atoms with Crippen molar-refractivity contribution in [1.82, 2.24) is 14.8 Å². The summed E-state index contributed by atoms with van der Waals surface area (Å²) in [6, 6.07) is 3.20. The van der Waals surface area contributed by atoms with E-state index in [9.17, 15) is 9.18 Å². The smallest absolute Gasteiger partial charge is 0.137 e. The Balaban J connectivity index is 1.66. The van der Waals surface area contributed by atoms with E-state index < -0.39 is 0 Å². The van der Waals surface area contributed by atoms with Crippen molar-refractivity contribution in [2.24, 2.45) is 5.92 Å². The van der Waals surface area contributed by atoms with Crippen LogP contribution < -0.4 is 4.74 Å². The van der Waals surface area contributed by atoms with E-state index in [-0.39, 0.29) is 11.7 Å². The molecule has 1 aromatic carbocycles. The maximum Gasteiger partial charge on any atom is 0.137 e. The second-order valence-electron chi connectivity index (χ2n) is 4.85. The zero-order valence-corrected chi connectivity index (χ0v) is 10.8. The highest BCUT2D eigenvalue weighted by molar-refractivity contribution is 5.59. The highest BCUT2D eigenvalue weighted by Crippen LogP contribution is 2.31. The van der Waals surface area contributed by atoms with Gasteiger partial charge in [-0.15, -0.1) is 0 Å². The van der Waals surface area contributed by atoms with E-state index >= 15 is 0 Å². The summed E-state index contributed by atoms with van der Waals surface area (Å²) in [6.07, 6.45) is 5.03. The fourth-order valence-corrected chi connectivity index (χ4v) is 2.48. The Morgan fingerprint density at radius 2 is 2.35 bits per heavy atom. The van der Waals surface area contributed by atoms with Crippen molar-refractivity contribution in [3.05, 3.63) is 41.7 Å². The predicted octanol–water partition coefficient (Wildman–Crippen LogP) is 1.41. The number of aromatic nitrogens is 3. The number of benzene rings is 1. The molecule has 0 radical (unpaired) electrons. The second-order valence-corrected chi connectivity index (χ2v) is 4.85. The number of ether oxygens (including phenoxy) is 1. The van der Waals surface area contributed by atoms with Gasteiger partial charge in [-0.2, -0.15) is 5.10 Å². The Kier molecular flexibility index (Phi) is 3.45. The third kappa shape index (κ3) is 2.54. The van der Waals surface area contributed by atoms with E-state index in [1.165, 1.54) is 12.4 Å². The number of hydrogen-bond donors (Lipinski definition) is 0. The van der Waals surface area contributed by atoms with Gasteiger partial charge in [0.05, 0.1) is 6.54 Å². The third-order valence-electron chi connectivity index (χ3n) is 3.46. The molecule has 0 amide bonds. The molecular weight excluding hydrogens is 261 g/mol. The number of carbonyl (C=O) groups excluding carboxylic acids is 1. The number of halogens is 1. The van der Waals surface area contributed by atoms with Gasteiger partial charge in [-0.05, 0) is 30.0 Å². The van der Waals surface area contributed by atoms with Crippen molar-refractivity contribution in [2.75, 3.05) is 6.61 Å². The normalized spacial score (nSPS) is 16.9. The minimum Gasteiger partial charge on any atom is -0.492 e. The molecule has 1 aliphatic rings. The van der Waals surface area contributed by atoms with E-state index in [1.807, 2.05) is 6.07 Å². The molecule has 1 aromatic heterocycles. The Bertz CT molecular complexity index is 613. The minimum absolute atomic E-state index is 0.107. The molecule has 6 heteroatoms. The van der Waals surface area contributed by atoms with E-state index in [0.29, 0.717) is 37.3 Å². The summed E-state index contributed by atoms with van der Waals surface area (Å²) >= 11 is 0. The molecule has 20 heavy (non-hydrogen) atoms. The molecule has 104 valence electrons. The van der Waals surface area contributed by atoms with Gasteiger partial charge >= 0.3 is 0 Å². The summed E-state index contributed by atoms with van der Waals surface area (Å²) in [4.78, 5) is 14.6. The van der Waals surface area contributed by atoms with Crippen LogP contribution in [0.3, 0.4) is 0 Å². The lowest BCUT2D eigenvalue weighted by Gasteiger charge is -2.09. The number of aldehydes is 1. The first-order chi connectivity index (χ1) is 9.76. The number of carbonyl (C=O) groups is 1. The quantitative estimate of drug-likeness (QED) is 0.774. The summed E-state index contributed by atoms with van der Waals surface area (Å²) in [5.74, 6) is 0.0976. The van der Waals surface area contributed by atoms with Gasteiger partial charge in [0.25, 0.3) is 0 Å². The first-order valence-corrected chi connectivity index (χ1v) is 6.48. The Morgan fingerprint density at radius 3 is 3.10 bits per heavy atom. The van der Waals surface area contributed by atoms with Crippen LogP contribution in [0.5, 0.6) is 5.75 Å². The molecule has 1 aliphatic carbocycles. The van der Waals surface area contributed by atoms with Gasteiger partial charge < -0.3 is 9.53 Å². The first kappa shape index (κ1) is 12.8. The van der Waals surface area contributed by atoms with Crippen LogP contribution in [-0.2, 0) is 24.2 Å². The van der Waals surface area contributed by atoms with Crippen molar-refractivity contribution >= 4 is 6.29 Å². The molecule has 2 aromatic rings. The first-order valence-electron chi connectivity index (χ1n) is 6.48. The lowest BCUT2D eigenvalue weighted by atomic mass is 10.1. The molecular formula is C14H14FN3O2. The van der Waals surface area contributed by atoms with Gasteiger partial charge in [-0.3, -0.25) is 0 Å². The van der Waals surface area contributed by atoms with Gasteiger partial charge in [0.15, 0.2) is 0 Å². The molecule has 0 N–H and O–H groups in total. The van der Waals surface area contributed by atoms with Crippen molar-refractivity contribution in [3.63, 3.8) is 0 Å². The van der Waals surface area contributed by atoms with Crippen LogP contribution in [-0.4, -0.2) is 27.7 Å². The Morgan fingerprint density at radius 1 is 1.45 bits per heavy atom. The fourth-order valence-electron chi connectivity index (χ4n) is 2.48. The zero-order chi connectivity index (χ0) is 13.9. The average molecular weight is 275 g/mol.